The van der Waals surface area contributed by atoms with Gasteiger partial charge in [-0.1, -0.05) is 0 Å². The Morgan fingerprint density at radius 2 is 2.00 bits per heavy atom. The molecule has 0 radical (unpaired) electrons. The summed E-state index contributed by atoms with van der Waals surface area (Å²) in [6.45, 7) is -0.0673. The van der Waals surface area contributed by atoms with Crippen LogP contribution in [0.25, 0.3) is 0 Å². The van der Waals surface area contributed by atoms with Crippen molar-refractivity contribution in [3.8, 4) is 0 Å². The number of hydrogen-bond acceptors (Lipinski definition) is 5. The van der Waals surface area contributed by atoms with Crippen molar-refractivity contribution in [2.24, 2.45) is 0 Å². The maximum absolute atomic E-state index is 12.5. The summed E-state index contributed by atoms with van der Waals surface area (Å²) < 4.78 is 26.5. The van der Waals surface area contributed by atoms with E-state index in [1.807, 2.05) is 0 Å². The van der Waals surface area contributed by atoms with Gasteiger partial charge in [0.2, 0.25) is 0 Å². The molecule has 1 aliphatic heterocycles. The summed E-state index contributed by atoms with van der Waals surface area (Å²) in [6, 6.07) is 5.97. The quantitative estimate of drug-likeness (QED) is 0.816. The molecule has 6 nitrogen and oxygen atoms in total. The number of pyridine rings is 1. The van der Waals surface area contributed by atoms with Crippen LogP contribution in [0.5, 0.6) is 0 Å². The van der Waals surface area contributed by atoms with E-state index < -0.39 is 15.9 Å². The smallest absolute Gasteiger partial charge is 0.269 e. The van der Waals surface area contributed by atoms with Gasteiger partial charge >= 0.3 is 0 Å². The number of anilines is 1. The molecule has 0 saturated carbocycles. The summed E-state index contributed by atoms with van der Waals surface area (Å²) in [4.78, 5) is 16.2. The SMILES string of the molecule is Nc1ccc2c(c1)S(=O)(=O)N(Cc1cncc(Br)c1)C2=O. The summed E-state index contributed by atoms with van der Waals surface area (Å²) in [7, 11) is -3.87. The monoisotopic (exact) mass is 367 g/mol. The summed E-state index contributed by atoms with van der Waals surface area (Å²) >= 11 is 3.26. The molecule has 0 unspecified atom stereocenters. The lowest BCUT2D eigenvalue weighted by Gasteiger charge is -2.14. The predicted octanol–water partition coefficient (Wildman–Crippen LogP) is 1.77. The Morgan fingerprint density at radius 1 is 1.24 bits per heavy atom. The fourth-order valence-electron chi connectivity index (χ4n) is 2.16. The van der Waals surface area contributed by atoms with E-state index in [1.165, 1.54) is 24.4 Å². The van der Waals surface area contributed by atoms with Crippen LogP contribution in [0.2, 0.25) is 0 Å². The normalized spacial score (nSPS) is 16.0. The maximum Gasteiger partial charge on any atom is 0.269 e. The largest absolute Gasteiger partial charge is 0.399 e. The second-order valence-electron chi connectivity index (χ2n) is 4.58. The molecule has 0 saturated heterocycles. The number of halogens is 1. The van der Waals surface area contributed by atoms with Crippen molar-refractivity contribution >= 4 is 37.5 Å². The van der Waals surface area contributed by atoms with Crippen molar-refractivity contribution < 1.29 is 13.2 Å². The number of carbonyl (C=O) groups excluding carboxylic acids is 1. The predicted molar refractivity (Wildman–Crippen MR) is 79.9 cm³/mol. The lowest BCUT2D eigenvalue weighted by Crippen LogP contribution is -2.29. The minimum atomic E-state index is -3.87. The zero-order valence-corrected chi connectivity index (χ0v) is 13.1. The minimum Gasteiger partial charge on any atom is -0.399 e. The maximum atomic E-state index is 12.5. The Labute approximate surface area is 129 Å². The van der Waals surface area contributed by atoms with Crippen LogP contribution >= 0.6 is 15.9 Å². The standard InChI is InChI=1S/C13H10BrN3O3S/c14-9-3-8(5-16-6-9)7-17-13(18)11-2-1-10(15)4-12(11)21(17,19)20/h1-6H,7,15H2. The molecule has 1 amide bonds. The first kappa shape index (κ1) is 14.0. The summed E-state index contributed by atoms with van der Waals surface area (Å²) in [5, 5.41) is 0. The molecular formula is C13H10BrN3O3S. The van der Waals surface area contributed by atoms with Gasteiger partial charge in [-0.05, 0) is 45.8 Å². The van der Waals surface area contributed by atoms with Crippen molar-refractivity contribution in [2.45, 2.75) is 11.4 Å². The lowest BCUT2D eigenvalue weighted by atomic mass is 10.2. The van der Waals surface area contributed by atoms with Crippen molar-refractivity contribution in [3.05, 3.63) is 52.3 Å². The van der Waals surface area contributed by atoms with Gasteiger partial charge in [0.15, 0.2) is 0 Å². The minimum absolute atomic E-state index is 0.0459. The number of nitrogens with zero attached hydrogens (tertiary/aromatic N) is 2. The summed E-state index contributed by atoms with van der Waals surface area (Å²) in [5.74, 6) is -0.551. The number of benzene rings is 1. The van der Waals surface area contributed by atoms with Gasteiger partial charge in [-0.15, -0.1) is 0 Å². The van der Waals surface area contributed by atoms with Gasteiger partial charge in [0.25, 0.3) is 15.9 Å². The number of nitrogens with two attached hydrogens (primary N) is 1. The first-order chi connectivity index (χ1) is 9.89. The molecule has 3 rings (SSSR count). The van der Waals surface area contributed by atoms with Gasteiger partial charge in [-0.3, -0.25) is 9.78 Å². The first-order valence-corrected chi connectivity index (χ1v) is 8.19. The van der Waals surface area contributed by atoms with Crippen molar-refractivity contribution in [1.29, 1.82) is 0 Å². The Balaban J connectivity index is 2.04. The van der Waals surface area contributed by atoms with E-state index in [0.717, 1.165) is 4.31 Å². The molecule has 0 spiro atoms. The number of sulfonamides is 1. The van der Waals surface area contributed by atoms with Crippen LogP contribution in [-0.4, -0.2) is 23.6 Å². The lowest BCUT2D eigenvalue weighted by molar-refractivity contribution is 0.0865. The van der Waals surface area contributed by atoms with Crippen molar-refractivity contribution in [2.75, 3.05) is 5.73 Å². The molecule has 0 bridgehead atoms. The fraction of sp³-hybridized carbons (Fsp3) is 0.0769. The molecule has 1 aromatic carbocycles. The van der Waals surface area contributed by atoms with Gasteiger partial charge in [0.1, 0.15) is 4.90 Å². The number of hydrogen-bond donors (Lipinski definition) is 1. The van der Waals surface area contributed by atoms with Crippen molar-refractivity contribution in [1.82, 2.24) is 9.29 Å². The molecule has 1 aromatic heterocycles. The molecule has 1 aliphatic rings. The van der Waals surface area contributed by atoms with Crippen LogP contribution in [0.15, 0.2) is 46.0 Å². The molecule has 0 atom stereocenters. The highest BCUT2D eigenvalue weighted by atomic mass is 79.9. The third-order valence-electron chi connectivity index (χ3n) is 3.12. The molecule has 108 valence electrons. The van der Waals surface area contributed by atoms with Crippen LogP contribution < -0.4 is 5.73 Å². The Hall–Kier alpha value is -1.93. The van der Waals surface area contributed by atoms with Crippen LogP contribution in [0.4, 0.5) is 5.69 Å². The van der Waals surface area contributed by atoms with Gasteiger partial charge in [-0.2, -0.15) is 0 Å². The highest BCUT2D eigenvalue weighted by molar-refractivity contribution is 9.10. The Kier molecular flexibility index (Phi) is 3.22. The number of nitrogen functional groups attached to an aromatic ring is 1. The molecule has 2 N–H and O–H groups in total. The molecule has 0 fully saturated rings. The van der Waals surface area contributed by atoms with Crippen LogP contribution in [0.1, 0.15) is 15.9 Å². The molecule has 2 heterocycles. The number of amides is 1. The Morgan fingerprint density at radius 3 is 2.71 bits per heavy atom. The second kappa shape index (κ2) is 4.81. The molecule has 0 aliphatic carbocycles. The van der Waals surface area contributed by atoms with E-state index in [9.17, 15) is 13.2 Å². The van der Waals surface area contributed by atoms with E-state index in [2.05, 4.69) is 20.9 Å². The van der Waals surface area contributed by atoms with E-state index in [0.29, 0.717) is 15.7 Å². The molecular weight excluding hydrogens is 358 g/mol. The molecule has 2 aromatic rings. The molecule has 21 heavy (non-hydrogen) atoms. The third-order valence-corrected chi connectivity index (χ3v) is 5.32. The van der Waals surface area contributed by atoms with Gasteiger partial charge in [0.05, 0.1) is 12.1 Å². The Bertz CT molecular complexity index is 851. The highest BCUT2D eigenvalue weighted by Gasteiger charge is 2.41. The number of aromatic nitrogens is 1. The average Bonchev–Trinajstić information content (AvgIpc) is 2.60. The molecule has 8 heteroatoms. The third kappa shape index (κ3) is 2.30. The highest BCUT2D eigenvalue weighted by Crippen LogP contribution is 2.32. The van der Waals surface area contributed by atoms with E-state index in [-0.39, 0.29) is 17.0 Å². The van der Waals surface area contributed by atoms with E-state index in [4.69, 9.17) is 5.73 Å². The zero-order valence-electron chi connectivity index (χ0n) is 10.7. The summed E-state index contributed by atoms with van der Waals surface area (Å²) in [5.41, 5.74) is 6.67. The van der Waals surface area contributed by atoms with Crippen LogP contribution in [-0.2, 0) is 16.6 Å². The van der Waals surface area contributed by atoms with Gasteiger partial charge < -0.3 is 5.73 Å². The van der Waals surface area contributed by atoms with Crippen molar-refractivity contribution in [3.63, 3.8) is 0 Å². The number of carbonyl (C=O) groups is 1. The van der Waals surface area contributed by atoms with E-state index in [1.54, 1.807) is 12.3 Å². The summed E-state index contributed by atoms with van der Waals surface area (Å²) in [6.07, 6.45) is 3.10. The number of rotatable bonds is 2. The fourth-order valence-corrected chi connectivity index (χ4v) is 4.16. The zero-order chi connectivity index (χ0) is 15.2. The van der Waals surface area contributed by atoms with Crippen LogP contribution in [0.3, 0.4) is 0 Å². The second-order valence-corrected chi connectivity index (χ2v) is 7.33. The van der Waals surface area contributed by atoms with Gasteiger partial charge in [0, 0.05) is 22.6 Å². The van der Waals surface area contributed by atoms with E-state index >= 15 is 0 Å². The van der Waals surface area contributed by atoms with Crippen LogP contribution in [0, 0.1) is 0 Å². The number of fused-ring (bicyclic) bond motifs is 1. The van der Waals surface area contributed by atoms with Gasteiger partial charge in [-0.25, -0.2) is 12.7 Å². The topological polar surface area (TPSA) is 93.4 Å². The first-order valence-electron chi connectivity index (χ1n) is 5.95. The average molecular weight is 368 g/mol.